The maximum atomic E-state index is 13.5. The van der Waals surface area contributed by atoms with Crippen LogP contribution >= 0.6 is 11.6 Å². The Morgan fingerprint density at radius 3 is 2.88 bits per heavy atom. The zero-order valence-electron chi connectivity index (χ0n) is 18.8. The van der Waals surface area contributed by atoms with E-state index < -0.39 is 22.4 Å². The van der Waals surface area contributed by atoms with Crippen LogP contribution in [0, 0.1) is 22.7 Å². The number of likely N-dealkylation sites (tertiary alicyclic amines) is 1. The van der Waals surface area contributed by atoms with Crippen LogP contribution in [0.3, 0.4) is 0 Å². The van der Waals surface area contributed by atoms with Gasteiger partial charge in [0.15, 0.2) is 0 Å². The van der Waals surface area contributed by atoms with Gasteiger partial charge in [-0.15, -0.1) is 0 Å². The fourth-order valence-corrected chi connectivity index (χ4v) is 7.17. The number of carbonyl (C=O) groups is 2. The highest BCUT2D eigenvalue weighted by molar-refractivity contribution is 7.83. The zero-order valence-corrected chi connectivity index (χ0v) is 20.4. The van der Waals surface area contributed by atoms with Gasteiger partial charge in [-0.1, -0.05) is 24.1 Å². The second-order valence-corrected chi connectivity index (χ2v) is 11.6. The highest BCUT2D eigenvalue weighted by atomic mass is 35.5. The molecule has 10 heteroatoms. The van der Waals surface area contributed by atoms with Crippen molar-refractivity contribution in [3.8, 4) is 6.07 Å². The van der Waals surface area contributed by atoms with Crippen molar-refractivity contribution in [2.75, 3.05) is 13.1 Å². The number of fused-ring (bicyclic) bond motifs is 1. The largest absolute Gasteiger partial charge is 0.356 e. The summed E-state index contributed by atoms with van der Waals surface area (Å²) in [5.74, 6) is -0.513. The van der Waals surface area contributed by atoms with Crippen LogP contribution in [0.15, 0.2) is 24.3 Å². The second kappa shape index (κ2) is 9.33. The summed E-state index contributed by atoms with van der Waals surface area (Å²) < 4.78 is 16.4. The summed E-state index contributed by atoms with van der Waals surface area (Å²) in [6.45, 7) is 1.22. The van der Waals surface area contributed by atoms with Gasteiger partial charge >= 0.3 is 0 Å². The Bertz CT molecular complexity index is 1190. The predicted octanol–water partition coefficient (Wildman–Crippen LogP) is 3.23. The van der Waals surface area contributed by atoms with Gasteiger partial charge in [0.05, 0.1) is 6.07 Å². The monoisotopic (exact) mass is 501 g/mol. The van der Waals surface area contributed by atoms with Gasteiger partial charge in [0, 0.05) is 34.9 Å². The molecule has 2 aromatic rings. The summed E-state index contributed by atoms with van der Waals surface area (Å²) in [5.41, 5.74) is 1.21. The number of amides is 2. The molecule has 0 bridgehead atoms. The normalized spacial score (nSPS) is 25.5. The van der Waals surface area contributed by atoms with Crippen LogP contribution in [0.5, 0.6) is 0 Å². The summed E-state index contributed by atoms with van der Waals surface area (Å²) in [7, 11) is -1.64. The van der Waals surface area contributed by atoms with Crippen LogP contribution in [-0.2, 0) is 15.8 Å². The van der Waals surface area contributed by atoms with Crippen LogP contribution < -0.4 is 10.0 Å². The molecule has 3 heterocycles. The molecule has 3 N–H and O–H groups in total. The number of nitrogens with zero attached hydrogens (tertiary/aromatic N) is 2. The predicted molar refractivity (Wildman–Crippen MR) is 130 cm³/mol. The lowest BCUT2D eigenvalue weighted by Gasteiger charge is -2.37. The van der Waals surface area contributed by atoms with E-state index in [0.29, 0.717) is 36.6 Å². The van der Waals surface area contributed by atoms with Crippen LogP contribution in [0.1, 0.15) is 55.4 Å². The minimum atomic E-state index is -1.64. The van der Waals surface area contributed by atoms with Gasteiger partial charge in [-0.25, -0.2) is 8.93 Å². The first-order chi connectivity index (χ1) is 16.4. The Labute approximate surface area is 206 Å². The molecule has 5 rings (SSSR count). The summed E-state index contributed by atoms with van der Waals surface area (Å²) in [5, 5.41) is 13.5. The maximum Gasteiger partial charge on any atom is 0.271 e. The molecule has 1 aromatic carbocycles. The number of aromatic amines is 1. The first-order valence-corrected chi connectivity index (χ1v) is 13.4. The molecule has 1 aliphatic carbocycles. The molecule has 2 saturated heterocycles. The van der Waals surface area contributed by atoms with Crippen molar-refractivity contribution in [1.29, 1.82) is 5.26 Å². The van der Waals surface area contributed by atoms with Gasteiger partial charge in [0.1, 0.15) is 28.1 Å². The zero-order chi connectivity index (χ0) is 23.9. The van der Waals surface area contributed by atoms with Crippen LogP contribution in [0.2, 0.25) is 5.02 Å². The van der Waals surface area contributed by atoms with E-state index in [9.17, 15) is 19.1 Å². The number of halogens is 1. The number of nitriles is 1. The van der Waals surface area contributed by atoms with Gasteiger partial charge in [0.25, 0.3) is 5.91 Å². The smallest absolute Gasteiger partial charge is 0.271 e. The summed E-state index contributed by atoms with van der Waals surface area (Å²) >= 11 is 6.09. The average molecular weight is 502 g/mol. The lowest BCUT2D eigenvalue weighted by atomic mass is 9.68. The van der Waals surface area contributed by atoms with Crippen molar-refractivity contribution < 1.29 is 13.8 Å². The van der Waals surface area contributed by atoms with Crippen LogP contribution in [-0.4, -0.2) is 50.4 Å². The molecule has 1 saturated carbocycles. The summed E-state index contributed by atoms with van der Waals surface area (Å²) in [6, 6.07) is 8.66. The second-order valence-electron chi connectivity index (χ2n) is 9.82. The van der Waals surface area contributed by atoms with Crippen molar-refractivity contribution in [1.82, 2.24) is 19.9 Å². The Morgan fingerprint density at radius 2 is 2.18 bits per heavy atom. The molecule has 34 heavy (non-hydrogen) atoms. The van der Waals surface area contributed by atoms with Gasteiger partial charge in [-0.05, 0) is 62.1 Å². The molecular weight excluding hydrogens is 474 g/mol. The molecule has 1 aromatic heterocycles. The molecule has 180 valence electrons. The molecule has 8 nitrogen and oxygen atoms in total. The standard InChI is InChI=1S/C24H28ClN5O3S/c25-17-5-4-15-10-20(28-19(15)11-17)23(32)30-14-24(6-2-7-24)12-21(30)34(33)29-18(13-26)9-16-3-1-8-27-22(16)31/h4-5,10-11,16,18,21,28-29H,1-3,6-9,12,14H2,(H,27,31)/t16-,18-,21?,34?/m0/s1. The minimum absolute atomic E-state index is 0.00160. The van der Waals surface area contributed by atoms with E-state index in [1.54, 1.807) is 23.1 Å². The van der Waals surface area contributed by atoms with E-state index >= 15 is 0 Å². The molecule has 4 atom stereocenters. The number of piperidine rings is 1. The topological polar surface area (TPSA) is 118 Å². The van der Waals surface area contributed by atoms with E-state index in [0.717, 1.165) is 43.0 Å². The third-order valence-electron chi connectivity index (χ3n) is 7.53. The first-order valence-electron chi connectivity index (χ1n) is 11.8. The Morgan fingerprint density at radius 1 is 1.35 bits per heavy atom. The third-order valence-corrected chi connectivity index (χ3v) is 9.20. The molecule has 2 amide bonds. The number of hydrogen-bond donors (Lipinski definition) is 3. The number of rotatable bonds is 6. The van der Waals surface area contributed by atoms with Gasteiger partial charge in [-0.3, -0.25) is 9.59 Å². The Hall–Kier alpha value is -2.41. The maximum absolute atomic E-state index is 13.5. The molecule has 3 aliphatic rings. The van der Waals surface area contributed by atoms with E-state index in [-0.39, 0.29) is 23.1 Å². The quantitative estimate of drug-likeness (QED) is 0.563. The van der Waals surface area contributed by atoms with Gasteiger partial charge < -0.3 is 15.2 Å². The van der Waals surface area contributed by atoms with Crippen LogP contribution in [0.25, 0.3) is 10.9 Å². The highest BCUT2D eigenvalue weighted by Crippen LogP contribution is 2.51. The van der Waals surface area contributed by atoms with E-state index in [4.69, 9.17) is 11.6 Å². The molecule has 2 aliphatic heterocycles. The van der Waals surface area contributed by atoms with Gasteiger partial charge in [0.2, 0.25) is 5.91 Å². The fourth-order valence-electron chi connectivity index (χ4n) is 5.50. The Balaban J connectivity index is 1.33. The van der Waals surface area contributed by atoms with Crippen LogP contribution in [0.4, 0.5) is 0 Å². The number of nitrogens with one attached hydrogen (secondary N) is 3. The number of hydrogen-bond acceptors (Lipinski definition) is 4. The van der Waals surface area contributed by atoms with Gasteiger partial charge in [-0.2, -0.15) is 5.26 Å². The van der Waals surface area contributed by atoms with E-state index in [1.165, 1.54) is 0 Å². The SMILES string of the molecule is N#C[C@H](C[C@@H]1CCCNC1=O)NS(=O)C1CC2(CCC2)CN1C(=O)c1cc2ccc(Cl)cc2[nH]1. The van der Waals surface area contributed by atoms with E-state index in [1.807, 2.05) is 6.07 Å². The number of benzene rings is 1. The lowest BCUT2D eigenvalue weighted by Crippen LogP contribution is -2.46. The lowest BCUT2D eigenvalue weighted by molar-refractivity contribution is -0.126. The molecule has 0 radical (unpaired) electrons. The fraction of sp³-hybridized carbons (Fsp3) is 0.542. The number of H-pyrrole nitrogens is 1. The van der Waals surface area contributed by atoms with Crippen molar-refractivity contribution in [3.63, 3.8) is 0 Å². The Kier molecular flexibility index (Phi) is 6.40. The number of aromatic nitrogens is 1. The first kappa shape index (κ1) is 23.3. The summed E-state index contributed by atoms with van der Waals surface area (Å²) in [4.78, 5) is 30.5. The highest BCUT2D eigenvalue weighted by Gasteiger charge is 2.51. The molecule has 2 unspecified atom stereocenters. The molecular formula is C24H28ClN5O3S. The molecule has 1 spiro atoms. The van der Waals surface area contributed by atoms with Crippen molar-refractivity contribution in [3.05, 3.63) is 35.0 Å². The third kappa shape index (κ3) is 4.47. The van der Waals surface area contributed by atoms with E-state index in [2.05, 4.69) is 21.1 Å². The summed E-state index contributed by atoms with van der Waals surface area (Å²) in [6.07, 6.45) is 5.68. The minimum Gasteiger partial charge on any atom is -0.356 e. The number of carbonyl (C=O) groups excluding carboxylic acids is 2. The molecule has 3 fully saturated rings. The van der Waals surface area contributed by atoms with Crippen molar-refractivity contribution >= 4 is 45.3 Å². The van der Waals surface area contributed by atoms with Crippen molar-refractivity contribution in [2.45, 2.75) is 56.4 Å². The average Bonchev–Trinajstić information content (AvgIpc) is 3.41. The van der Waals surface area contributed by atoms with Crippen molar-refractivity contribution in [2.24, 2.45) is 11.3 Å².